The molecule has 26 heavy (non-hydrogen) atoms. The van der Waals surface area contributed by atoms with Crippen molar-refractivity contribution in [3.63, 3.8) is 0 Å². The van der Waals surface area contributed by atoms with Crippen LogP contribution in [-0.2, 0) is 11.3 Å². The summed E-state index contributed by atoms with van der Waals surface area (Å²) in [5.74, 6) is 0.520. The number of fused-ring (bicyclic) bond motifs is 1. The van der Waals surface area contributed by atoms with Gasteiger partial charge in [0.2, 0.25) is 5.91 Å². The van der Waals surface area contributed by atoms with E-state index in [2.05, 4.69) is 16.7 Å². The third-order valence-electron chi connectivity index (χ3n) is 4.03. The second kappa shape index (κ2) is 7.70. The highest BCUT2D eigenvalue weighted by Crippen LogP contribution is 2.22. The van der Waals surface area contributed by atoms with Gasteiger partial charge in [-0.3, -0.25) is 9.59 Å². The summed E-state index contributed by atoms with van der Waals surface area (Å²) in [6.07, 6.45) is 0. The lowest BCUT2D eigenvalue weighted by atomic mass is 10.1. The summed E-state index contributed by atoms with van der Waals surface area (Å²) >= 11 is 0. The van der Waals surface area contributed by atoms with Crippen molar-refractivity contribution >= 4 is 28.3 Å². The van der Waals surface area contributed by atoms with E-state index in [1.54, 1.807) is 31.4 Å². The fourth-order valence-corrected chi connectivity index (χ4v) is 2.70. The fourth-order valence-electron chi connectivity index (χ4n) is 2.70. The third kappa shape index (κ3) is 4.19. The molecule has 0 aliphatic carbocycles. The molecule has 132 valence electrons. The Morgan fingerprint density at radius 1 is 0.923 bits per heavy atom. The molecule has 0 aliphatic heterocycles. The van der Waals surface area contributed by atoms with Crippen LogP contribution in [0.2, 0.25) is 0 Å². The van der Waals surface area contributed by atoms with Gasteiger partial charge in [0.1, 0.15) is 5.75 Å². The molecule has 0 spiro atoms. The molecule has 3 rings (SSSR count). The van der Waals surface area contributed by atoms with Gasteiger partial charge in [0.05, 0.1) is 7.11 Å². The van der Waals surface area contributed by atoms with Gasteiger partial charge < -0.3 is 15.4 Å². The van der Waals surface area contributed by atoms with Gasteiger partial charge in [-0.1, -0.05) is 18.2 Å². The molecule has 0 heterocycles. The van der Waals surface area contributed by atoms with Gasteiger partial charge in [-0.05, 0) is 58.8 Å². The second-order valence-electron chi connectivity index (χ2n) is 5.99. The normalized spacial score (nSPS) is 10.4. The van der Waals surface area contributed by atoms with E-state index in [1.165, 1.54) is 6.92 Å². The first-order chi connectivity index (χ1) is 12.5. The van der Waals surface area contributed by atoms with Crippen LogP contribution in [0.4, 0.5) is 5.69 Å². The molecule has 5 heteroatoms. The fraction of sp³-hybridized carbons (Fsp3) is 0.143. The molecule has 3 aromatic carbocycles. The van der Waals surface area contributed by atoms with Crippen LogP contribution >= 0.6 is 0 Å². The zero-order valence-electron chi connectivity index (χ0n) is 14.7. The first-order valence-corrected chi connectivity index (χ1v) is 8.28. The van der Waals surface area contributed by atoms with Crippen molar-refractivity contribution < 1.29 is 14.3 Å². The van der Waals surface area contributed by atoms with Gasteiger partial charge in [-0.25, -0.2) is 0 Å². The molecule has 0 fully saturated rings. The Morgan fingerprint density at radius 3 is 2.31 bits per heavy atom. The Hall–Kier alpha value is -3.34. The minimum absolute atomic E-state index is 0.142. The lowest BCUT2D eigenvalue weighted by Gasteiger charge is -2.08. The Balaban J connectivity index is 1.65. The second-order valence-corrected chi connectivity index (χ2v) is 5.99. The van der Waals surface area contributed by atoms with Crippen LogP contribution in [0.3, 0.4) is 0 Å². The van der Waals surface area contributed by atoms with E-state index in [0.717, 1.165) is 22.1 Å². The molecule has 3 aromatic rings. The summed E-state index contributed by atoms with van der Waals surface area (Å²) in [7, 11) is 1.65. The van der Waals surface area contributed by atoms with E-state index in [9.17, 15) is 9.59 Å². The van der Waals surface area contributed by atoms with Crippen LogP contribution in [0, 0.1) is 0 Å². The number of amides is 2. The number of rotatable bonds is 5. The highest BCUT2D eigenvalue weighted by atomic mass is 16.5. The maximum Gasteiger partial charge on any atom is 0.251 e. The average molecular weight is 348 g/mol. The highest BCUT2D eigenvalue weighted by Gasteiger charge is 2.06. The molecule has 0 radical (unpaired) electrons. The van der Waals surface area contributed by atoms with Crippen molar-refractivity contribution in [3.8, 4) is 5.75 Å². The SMILES string of the molecule is COc1ccc2cc(CNC(=O)c3ccc(NC(C)=O)cc3)ccc2c1. The number of anilines is 1. The number of methoxy groups -OCH3 is 1. The van der Waals surface area contributed by atoms with Crippen molar-refractivity contribution in [2.45, 2.75) is 13.5 Å². The molecule has 2 amide bonds. The van der Waals surface area contributed by atoms with Crippen LogP contribution in [-0.4, -0.2) is 18.9 Å². The van der Waals surface area contributed by atoms with Crippen molar-refractivity contribution in [1.82, 2.24) is 5.32 Å². The first kappa shape index (κ1) is 17.5. The molecular weight excluding hydrogens is 328 g/mol. The minimum atomic E-state index is -0.158. The Bertz CT molecular complexity index is 949. The van der Waals surface area contributed by atoms with Crippen LogP contribution in [0.5, 0.6) is 5.75 Å². The van der Waals surface area contributed by atoms with Gasteiger partial charge in [0.15, 0.2) is 0 Å². The number of carbonyl (C=O) groups is 2. The molecule has 0 unspecified atom stereocenters. The molecule has 0 aromatic heterocycles. The van der Waals surface area contributed by atoms with Crippen molar-refractivity contribution in [3.05, 3.63) is 71.8 Å². The quantitative estimate of drug-likeness (QED) is 0.738. The van der Waals surface area contributed by atoms with Crippen LogP contribution in [0.15, 0.2) is 60.7 Å². The Kier molecular flexibility index (Phi) is 5.17. The van der Waals surface area contributed by atoms with E-state index in [1.807, 2.05) is 30.3 Å². The molecule has 0 aliphatic rings. The molecule has 0 atom stereocenters. The van der Waals surface area contributed by atoms with Gasteiger partial charge >= 0.3 is 0 Å². The highest BCUT2D eigenvalue weighted by molar-refractivity contribution is 5.95. The Labute approximate surface area is 152 Å². The smallest absolute Gasteiger partial charge is 0.251 e. The number of benzene rings is 3. The molecule has 0 saturated carbocycles. The summed E-state index contributed by atoms with van der Waals surface area (Å²) in [5.41, 5.74) is 2.23. The zero-order valence-corrected chi connectivity index (χ0v) is 14.7. The zero-order chi connectivity index (χ0) is 18.5. The van der Waals surface area contributed by atoms with Gasteiger partial charge in [0, 0.05) is 24.7 Å². The van der Waals surface area contributed by atoms with E-state index >= 15 is 0 Å². The number of hydrogen-bond acceptors (Lipinski definition) is 3. The summed E-state index contributed by atoms with van der Waals surface area (Å²) in [6, 6.07) is 18.7. The summed E-state index contributed by atoms with van der Waals surface area (Å²) in [4.78, 5) is 23.3. The predicted molar refractivity (Wildman–Crippen MR) is 102 cm³/mol. The summed E-state index contributed by atoms with van der Waals surface area (Å²) < 4.78 is 5.23. The van der Waals surface area contributed by atoms with Crippen LogP contribution in [0.25, 0.3) is 10.8 Å². The molecule has 2 N–H and O–H groups in total. The minimum Gasteiger partial charge on any atom is -0.497 e. The van der Waals surface area contributed by atoms with E-state index in [4.69, 9.17) is 4.74 Å². The summed E-state index contributed by atoms with van der Waals surface area (Å²) in [6.45, 7) is 1.88. The Morgan fingerprint density at radius 2 is 1.62 bits per heavy atom. The predicted octanol–water partition coefficient (Wildman–Crippen LogP) is 3.74. The largest absolute Gasteiger partial charge is 0.497 e. The topological polar surface area (TPSA) is 67.4 Å². The number of hydrogen-bond donors (Lipinski definition) is 2. The molecular formula is C21H20N2O3. The van der Waals surface area contributed by atoms with Gasteiger partial charge in [-0.2, -0.15) is 0 Å². The number of nitrogens with one attached hydrogen (secondary N) is 2. The maximum atomic E-state index is 12.3. The van der Waals surface area contributed by atoms with Gasteiger partial charge in [-0.15, -0.1) is 0 Å². The standard InChI is InChI=1S/C21H20N2O3/c1-14(24)23-19-8-5-16(6-9-19)21(25)22-13-15-3-4-18-12-20(26-2)10-7-17(18)11-15/h3-12H,13H2,1-2H3,(H,22,25)(H,23,24). The van der Waals surface area contributed by atoms with E-state index < -0.39 is 0 Å². The lowest BCUT2D eigenvalue weighted by molar-refractivity contribution is -0.114. The lowest BCUT2D eigenvalue weighted by Crippen LogP contribution is -2.22. The van der Waals surface area contributed by atoms with E-state index in [0.29, 0.717) is 17.8 Å². The first-order valence-electron chi connectivity index (χ1n) is 8.28. The molecule has 5 nitrogen and oxygen atoms in total. The number of ether oxygens (including phenoxy) is 1. The monoisotopic (exact) mass is 348 g/mol. The van der Waals surface area contributed by atoms with Crippen molar-refractivity contribution in [1.29, 1.82) is 0 Å². The molecule has 0 saturated heterocycles. The van der Waals surface area contributed by atoms with Crippen LogP contribution < -0.4 is 15.4 Å². The van der Waals surface area contributed by atoms with Crippen molar-refractivity contribution in [2.24, 2.45) is 0 Å². The third-order valence-corrected chi connectivity index (χ3v) is 4.03. The van der Waals surface area contributed by atoms with E-state index in [-0.39, 0.29) is 11.8 Å². The maximum absolute atomic E-state index is 12.3. The van der Waals surface area contributed by atoms with Gasteiger partial charge in [0.25, 0.3) is 5.91 Å². The average Bonchev–Trinajstić information content (AvgIpc) is 2.65. The van der Waals surface area contributed by atoms with Crippen molar-refractivity contribution in [2.75, 3.05) is 12.4 Å². The summed E-state index contributed by atoms with van der Waals surface area (Å²) in [5, 5.41) is 7.77. The molecule has 0 bridgehead atoms. The number of carbonyl (C=O) groups excluding carboxylic acids is 2. The van der Waals surface area contributed by atoms with Crippen LogP contribution in [0.1, 0.15) is 22.8 Å².